The van der Waals surface area contributed by atoms with Crippen LogP contribution in [0.5, 0.6) is 17.2 Å². The summed E-state index contributed by atoms with van der Waals surface area (Å²) in [5, 5.41) is 4.86. The standard InChI is InChI=1S/C24H18BrN3O4/c1-15-27-21-8-5-18(25)11-20(21)24(29)28(15)26-12-16-2-6-19(7-3-16)30-13-17-4-9-22-23(10-17)32-14-31-22/h2-12H,13-14H2,1H3. The van der Waals surface area contributed by atoms with Crippen LogP contribution in [0.25, 0.3) is 10.9 Å². The van der Waals surface area contributed by atoms with E-state index in [0.29, 0.717) is 23.3 Å². The van der Waals surface area contributed by atoms with Crippen LogP contribution >= 0.6 is 15.9 Å². The van der Waals surface area contributed by atoms with Gasteiger partial charge in [-0.25, -0.2) is 4.98 Å². The molecule has 1 aliphatic heterocycles. The number of aromatic nitrogens is 2. The zero-order chi connectivity index (χ0) is 22.1. The van der Waals surface area contributed by atoms with Crippen LogP contribution in [0.15, 0.2) is 75.0 Å². The molecule has 0 saturated carbocycles. The molecule has 0 aliphatic carbocycles. The normalized spacial score (nSPS) is 12.6. The lowest BCUT2D eigenvalue weighted by molar-refractivity contribution is 0.174. The van der Waals surface area contributed by atoms with E-state index in [9.17, 15) is 4.79 Å². The van der Waals surface area contributed by atoms with Gasteiger partial charge in [0.15, 0.2) is 11.5 Å². The van der Waals surface area contributed by atoms with Gasteiger partial charge >= 0.3 is 0 Å². The average Bonchev–Trinajstić information content (AvgIpc) is 3.27. The van der Waals surface area contributed by atoms with Gasteiger partial charge in [-0.3, -0.25) is 4.79 Å². The molecule has 8 heteroatoms. The second-order valence-corrected chi connectivity index (χ2v) is 8.14. The van der Waals surface area contributed by atoms with Crippen LogP contribution in [0.3, 0.4) is 0 Å². The minimum absolute atomic E-state index is 0.214. The molecule has 0 bridgehead atoms. The maximum absolute atomic E-state index is 12.8. The number of hydrogen-bond donors (Lipinski definition) is 0. The Morgan fingerprint density at radius 2 is 1.91 bits per heavy atom. The minimum Gasteiger partial charge on any atom is -0.489 e. The first kappa shape index (κ1) is 20.3. The quantitative estimate of drug-likeness (QED) is 0.379. The molecule has 5 rings (SSSR count). The molecule has 160 valence electrons. The second-order valence-electron chi connectivity index (χ2n) is 7.23. The van der Waals surface area contributed by atoms with Gasteiger partial charge in [-0.1, -0.05) is 22.0 Å². The maximum Gasteiger partial charge on any atom is 0.282 e. The van der Waals surface area contributed by atoms with Crippen molar-refractivity contribution < 1.29 is 14.2 Å². The lowest BCUT2D eigenvalue weighted by Crippen LogP contribution is -2.20. The van der Waals surface area contributed by atoms with Gasteiger partial charge in [0, 0.05) is 4.47 Å². The fourth-order valence-corrected chi connectivity index (χ4v) is 3.73. The van der Waals surface area contributed by atoms with Crippen LogP contribution in [0.4, 0.5) is 0 Å². The Labute approximate surface area is 192 Å². The Morgan fingerprint density at radius 3 is 2.75 bits per heavy atom. The van der Waals surface area contributed by atoms with Gasteiger partial charge < -0.3 is 14.2 Å². The zero-order valence-corrected chi connectivity index (χ0v) is 18.7. The van der Waals surface area contributed by atoms with E-state index in [1.165, 1.54) is 4.68 Å². The van der Waals surface area contributed by atoms with Gasteiger partial charge in [-0.2, -0.15) is 9.78 Å². The van der Waals surface area contributed by atoms with Gasteiger partial charge in [0.25, 0.3) is 5.56 Å². The van der Waals surface area contributed by atoms with E-state index >= 15 is 0 Å². The van der Waals surface area contributed by atoms with Crippen molar-refractivity contribution in [3.05, 3.63) is 92.4 Å². The molecule has 0 amide bonds. The Morgan fingerprint density at radius 1 is 1.09 bits per heavy atom. The number of fused-ring (bicyclic) bond motifs is 2. The average molecular weight is 492 g/mol. The SMILES string of the molecule is Cc1nc2ccc(Br)cc2c(=O)n1N=Cc1ccc(OCc2ccc3c(c2)OCO3)cc1. The van der Waals surface area contributed by atoms with Crippen molar-refractivity contribution in [1.29, 1.82) is 0 Å². The number of ether oxygens (including phenoxy) is 3. The minimum atomic E-state index is -0.214. The fraction of sp³-hybridized carbons (Fsp3) is 0.125. The van der Waals surface area contributed by atoms with E-state index in [-0.39, 0.29) is 12.4 Å². The van der Waals surface area contributed by atoms with E-state index in [0.717, 1.165) is 32.8 Å². The summed E-state index contributed by atoms with van der Waals surface area (Å²) in [4.78, 5) is 17.3. The first-order valence-corrected chi connectivity index (χ1v) is 10.7. The highest BCUT2D eigenvalue weighted by Gasteiger charge is 2.13. The van der Waals surface area contributed by atoms with Crippen LogP contribution in [0.2, 0.25) is 0 Å². The van der Waals surface area contributed by atoms with E-state index in [2.05, 4.69) is 26.0 Å². The third kappa shape index (κ3) is 4.09. The molecule has 2 heterocycles. The highest BCUT2D eigenvalue weighted by Crippen LogP contribution is 2.32. The topological polar surface area (TPSA) is 74.9 Å². The zero-order valence-electron chi connectivity index (χ0n) is 17.1. The molecule has 0 spiro atoms. The first-order chi connectivity index (χ1) is 15.6. The molecule has 32 heavy (non-hydrogen) atoms. The highest BCUT2D eigenvalue weighted by atomic mass is 79.9. The van der Waals surface area contributed by atoms with Gasteiger partial charge in [-0.15, -0.1) is 0 Å². The molecule has 1 aliphatic rings. The number of benzene rings is 3. The summed E-state index contributed by atoms with van der Waals surface area (Å²) in [5.74, 6) is 2.73. The van der Waals surface area contributed by atoms with Crippen LogP contribution < -0.4 is 19.8 Å². The maximum atomic E-state index is 12.8. The summed E-state index contributed by atoms with van der Waals surface area (Å²) in [6.45, 7) is 2.42. The van der Waals surface area contributed by atoms with Crippen molar-refractivity contribution in [2.45, 2.75) is 13.5 Å². The monoisotopic (exact) mass is 491 g/mol. The van der Waals surface area contributed by atoms with Crippen LogP contribution in [0, 0.1) is 6.92 Å². The molecule has 4 aromatic rings. The van der Waals surface area contributed by atoms with Gasteiger partial charge in [0.1, 0.15) is 18.2 Å². The van der Waals surface area contributed by atoms with E-state index in [1.54, 1.807) is 19.2 Å². The molecule has 1 aromatic heterocycles. The summed E-state index contributed by atoms with van der Waals surface area (Å²) in [6, 6.07) is 18.6. The molecule has 3 aromatic carbocycles. The van der Waals surface area contributed by atoms with Gasteiger partial charge in [0.2, 0.25) is 6.79 Å². The Balaban J connectivity index is 1.30. The highest BCUT2D eigenvalue weighted by molar-refractivity contribution is 9.10. The molecular formula is C24H18BrN3O4. The first-order valence-electron chi connectivity index (χ1n) is 9.91. The van der Waals surface area contributed by atoms with Crippen LogP contribution in [-0.4, -0.2) is 22.7 Å². The Kier molecular flexibility index (Phi) is 5.36. The largest absolute Gasteiger partial charge is 0.489 e. The van der Waals surface area contributed by atoms with E-state index in [1.807, 2.05) is 54.6 Å². The predicted molar refractivity (Wildman–Crippen MR) is 125 cm³/mol. The number of halogens is 1. The van der Waals surface area contributed by atoms with E-state index in [4.69, 9.17) is 14.2 Å². The van der Waals surface area contributed by atoms with Gasteiger partial charge in [0.05, 0.1) is 17.1 Å². The predicted octanol–water partition coefficient (Wildman–Crippen LogP) is 4.66. The number of hydrogen-bond acceptors (Lipinski definition) is 6. The smallest absolute Gasteiger partial charge is 0.282 e. The molecule has 0 fully saturated rings. The van der Waals surface area contributed by atoms with Gasteiger partial charge in [-0.05, 0) is 72.6 Å². The number of nitrogens with zero attached hydrogens (tertiary/aromatic N) is 3. The molecule has 0 saturated heterocycles. The third-order valence-corrected chi connectivity index (χ3v) is 5.51. The Hall–Kier alpha value is -3.65. The van der Waals surface area contributed by atoms with Crippen LogP contribution in [-0.2, 0) is 6.61 Å². The lowest BCUT2D eigenvalue weighted by atomic mass is 10.2. The summed E-state index contributed by atoms with van der Waals surface area (Å²) in [5.41, 5.74) is 2.26. The van der Waals surface area contributed by atoms with Crippen molar-refractivity contribution in [1.82, 2.24) is 9.66 Å². The number of aryl methyl sites for hydroxylation is 1. The molecular weight excluding hydrogens is 474 g/mol. The summed E-state index contributed by atoms with van der Waals surface area (Å²) < 4.78 is 18.7. The van der Waals surface area contributed by atoms with Crippen LogP contribution in [0.1, 0.15) is 17.0 Å². The summed E-state index contributed by atoms with van der Waals surface area (Å²) in [7, 11) is 0. The number of rotatable bonds is 5. The second kappa shape index (κ2) is 8.47. The lowest BCUT2D eigenvalue weighted by Gasteiger charge is -2.08. The molecule has 0 N–H and O–H groups in total. The van der Waals surface area contributed by atoms with Crippen molar-refractivity contribution in [2.75, 3.05) is 6.79 Å². The molecule has 0 unspecified atom stereocenters. The van der Waals surface area contributed by atoms with E-state index < -0.39 is 0 Å². The Bertz CT molecular complexity index is 1400. The van der Waals surface area contributed by atoms with Crippen molar-refractivity contribution in [3.63, 3.8) is 0 Å². The van der Waals surface area contributed by atoms with Crippen molar-refractivity contribution in [2.24, 2.45) is 5.10 Å². The van der Waals surface area contributed by atoms with Crippen molar-refractivity contribution in [3.8, 4) is 17.2 Å². The fourth-order valence-electron chi connectivity index (χ4n) is 3.37. The molecule has 0 radical (unpaired) electrons. The summed E-state index contributed by atoms with van der Waals surface area (Å²) in [6.07, 6.45) is 1.63. The third-order valence-electron chi connectivity index (χ3n) is 5.02. The molecule has 7 nitrogen and oxygen atoms in total. The van der Waals surface area contributed by atoms with Crippen molar-refractivity contribution >= 4 is 33.0 Å². The summed E-state index contributed by atoms with van der Waals surface area (Å²) >= 11 is 3.39. The molecule has 0 atom stereocenters.